The number of halogens is 1. The summed E-state index contributed by atoms with van der Waals surface area (Å²) in [7, 11) is 0. The molecule has 0 bridgehead atoms. The highest BCUT2D eigenvalue weighted by atomic mass is 35.5. The summed E-state index contributed by atoms with van der Waals surface area (Å²) in [5.41, 5.74) is 2.53. The Morgan fingerprint density at radius 2 is 1.82 bits per heavy atom. The van der Waals surface area contributed by atoms with Crippen molar-refractivity contribution in [2.45, 2.75) is 12.6 Å². The molecule has 1 amide bonds. The zero-order valence-corrected chi connectivity index (χ0v) is 13.2. The van der Waals surface area contributed by atoms with E-state index in [9.17, 15) is 4.79 Å². The van der Waals surface area contributed by atoms with Crippen LogP contribution in [-0.2, 0) is 5.66 Å². The summed E-state index contributed by atoms with van der Waals surface area (Å²) in [6.45, 7) is 4.68. The second kappa shape index (κ2) is 4.83. The van der Waals surface area contributed by atoms with E-state index in [0.717, 1.165) is 36.3 Å². The van der Waals surface area contributed by atoms with Crippen LogP contribution in [0.2, 0.25) is 5.02 Å². The Labute approximate surface area is 135 Å². The lowest BCUT2D eigenvalue weighted by Crippen LogP contribution is -2.49. The Kier molecular flexibility index (Phi) is 3.03. The summed E-state index contributed by atoms with van der Waals surface area (Å²) in [4.78, 5) is 17.2. The molecule has 1 atom stereocenters. The maximum absolute atomic E-state index is 12.9. The number of likely N-dealkylation sites (N-methyl/N-ethyl adjacent to an activating group) is 1. The second-order valence-corrected chi connectivity index (χ2v) is 6.20. The maximum atomic E-state index is 12.9. The lowest BCUT2D eigenvalue weighted by Gasteiger charge is -2.40. The van der Waals surface area contributed by atoms with Crippen LogP contribution in [-0.4, -0.2) is 35.3 Å². The van der Waals surface area contributed by atoms with E-state index in [-0.39, 0.29) is 5.91 Å². The third-order valence-corrected chi connectivity index (χ3v) is 5.10. The Morgan fingerprint density at radius 1 is 1.09 bits per heavy atom. The van der Waals surface area contributed by atoms with Gasteiger partial charge < -0.3 is 4.90 Å². The van der Waals surface area contributed by atoms with E-state index in [0.29, 0.717) is 5.02 Å². The fourth-order valence-corrected chi connectivity index (χ4v) is 4.09. The number of benzene rings is 2. The number of fused-ring (bicyclic) bond motifs is 3. The van der Waals surface area contributed by atoms with Crippen molar-refractivity contribution in [2.24, 2.45) is 0 Å². The van der Waals surface area contributed by atoms with Gasteiger partial charge >= 0.3 is 0 Å². The molecule has 4 heteroatoms. The smallest absolute Gasteiger partial charge is 0.256 e. The normalized spacial score (nSPS) is 23.7. The van der Waals surface area contributed by atoms with Crippen molar-refractivity contribution in [3.63, 3.8) is 0 Å². The van der Waals surface area contributed by atoms with Crippen molar-refractivity contribution in [1.29, 1.82) is 0 Å². The molecule has 2 aliphatic rings. The van der Waals surface area contributed by atoms with E-state index in [1.165, 1.54) is 0 Å². The molecular weight excluding hydrogens is 296 g/mol. The first kappa shape index (κ1) is 13.8. The molecule has 0 aromatic heterocycles. The van der Waals surface area contributed by atoms with Crippen molar-refractivity contribution in [1.82, 2.24) is 9.80 Å². The van der Waals surface area contributed by atoms with Gasteiger partial charge in [-0.05, 0) is 30.3 Å². The molecule has 1 fully saturated rings. The first-order valence-electron chi connectivity index (χ1n) is 7.62. The van der Waals surface area contributed by atoms with Gasteiger partial charge in [-0.15, -0.1) is 0 Å². The van der Waals surface area contributed by atoms with Crippen molar-refractivity contribution in [3.05, 3.63) is 70.2 Å². The van der Waals surface area contributed by atoms with Gasteiger partial charge in [-0.25, -0.2) is 0 Å². The van der Waals surface area contributed by atoms with E-state index >= 15 is 0 Å². The van der Waals surface area contributed by atoms with Gasteiger partial charge in [0.05, 0.1) is 0 Å². The molecule has 0 spiro atoms. The van der Waals surface area contributed by atoms with Gasteiger partial charge in [0.25, 0.3) is 5.91 Å². The average Bonchev–Trinajstić information content (AvgIpc) is 3.05. The third-order valence-electron chi connectivity index (χ3n) is 4.85. The molecule has 2 aliphatic heterocycles. The molecule has 2 aromatic carbocycles. The molecule has 3 nitrogen and oxygen atoms in total. The van der Waals surface area contributed by atoms with Crippen LogP contribution >= 0.6 is 11.6 Å². The number of hydrogen-bond acceptors (Lipinski definition) is 2. The number of nitrogens with zero attached hydrogens (tertiary/aromatic N) is 2. The first-order chi connectivity index (χ1) is 10.7. The first-order valence-corrected chi connectivity index (χ1v) is 8.00. The van der Waals surface area contributed by atoms with Crippen molar-refractivity contribution in [2.75, 3.05) is 19.6 Å². The quantitative estimate of drug-likeness (QED) is 0.849. The highest BCUT2D eigenvalue weighted by Crippen LogP contribution is 2.49. The molecule has 2 heterocycles. The average molecular weight is 313 g/mol. The molecule has 1 unspecified atom stereocenters. The van der Waals surface area contributed by atoms with E-state index in [1.807, 2.05) is 47.4 Å². The molecule has 0 N–H and O–H groups in total. The minimum atomic E-state index is -0.479. The summed E-state index contributed by atoms with van der Waals surface area (Å²) >= 11 is 6.06. The van der Waals surface area contributed by atoms with E-state index in [1.54, 1.807) is 0 Å². The predicted molar refractivity (Wildman–Crippen MR) is 87.0 cm³/mol. The summed E-state index contributed by atoms with van der Waals surface area (Å²) < 4.78 is 0. The lowest BCUT2D eigenvalue weighted by molar-refractivity contribution is 0.0472. The Bertz CT molecular complexity index is 743. The van der Waals surface area contributed by atoms with Crippen molar-refractivity contribution >= 4 is 17.5 Å². The van der Waals surface area contributed by atoms with E-state index < -0.39 is 5.66 Å². The fourth-order valence-electron chi connectivity index (χ4n) is 3.96. The van der Waals surface area contributed by atoms with Crippen LogP contribution in [0.1, 0.15) is 28.4 Å². The van der Waals surface area contributed by atoms with Crippen LogP contribution in [0.25, 0.3) is 0 Å². The minimum Gasteiger partial charge on any atom is -0.311 e. The zero-order valence-electron chi connectivity index (χ0n) is 12.4. The monoisotopic (exact) mass is 312 g/mol. The summed E-state index contributed by atoms with van der Waals surface area (Å²) in [5.74, 6) is 0.126. The van der Waals surface area contributed by atoms with Crippen LogP contribution in [0.5, 0.6) is 0 Å². The molecular formula is C18H17ClN2O. The maximum Gasteiger partial charge on any atom is 0.256 e. The number of hydrogen-bond donors (Lipinski definition) is 0. The van der Waals surface area contributed by atoms with Crippen LogP contribution in [0.15, 0.2) is 48.5 Å². The van der Waals surface area contributed by atoms with Crippen LogP contribution in [0.4, 0.5) is 0 Å². The van der Waals surface area contributed by atoms with Crippen LogP contribution in [0, 0.1) is 0 Å². The number of carbonyl (C=O) groups is 1. The summed E-state index contributed by atoms with van der Waals surface area (Å²) in [6.07, 6.45) is 0. The number of carbonyl (C=O) groups excluding carboxylic acids is 1. The molecule has 22 heavy (non-hydrogen) atoms. The van der Waals surface area contributed by atoms with Crippen molar-refractivity contribution < 1.29 is 4.79 Å². The molecule has 112 valence electrons. The largest absolute Gasteiger partial charge is 0.311 e. The molecule has 4 rings (SSSR count). The second-order valence-electron chi connectivity index (χ2n) is 5.76. The summed E-state index contributed by atoms with van der Waals surface area (Å²) in [6, 6.07) is 15.8. The standard InChI is InChI=1S/C18H17ClN2O/c1-2-20-11-12-21-17(22)15-5-3-4-6-16(15)18(20,21)13-7-9-14(19)10-8-13/h3-10H,2,11-12H2,1H3. The van der Waals surface area contributed by atoms with Gasteiger partial charge in [0.1, 0.15) is 5.66 Å². The lowest BCUT2D eigenvalue weighted by atomic mass is 9.90. The number of amides is 1. The van der Waals surface area contributed by atoms with Crippen LogP contribution in [0.3, 0.4) is 0 Å². The minimum absolute atomic E-state index is 0.126. The Balaban J connectivity index is 2.02. The van der Waals surface area contributed by atoms with Crippen molar-refractivity contribution in [3.8, 4) is 0 Å². The van der Waals surface area contributed by atoms with Gasteiger partial charge in [0, 0.05) is 29.2 Å². The zero-order chi connectivity index (χ0) is 15.3. The van der Waals surface area contributed by atoms with Crippen LogP contribution < -0.4 is 0 Å². The van der Waals surface area contributed by atoms with E-state index in [4.69, 9.17) is 11.6 Å². The predicted octanol–water partition coefficient (Wildman–Crippen LogP) is 3.33. The highest BCUT2D eigenvalue weighted by molar-refractivity contribution is 6.30. The topological polar surface area (TPSA) is 23.6 Å². The van der Waals surface area contributed by atoms with Gasteiger partial charge in [-0.2, -0.15) is 0 Å². The molecule has 0 radical (unpaired) electrons. The molecule has 2 aromatic rings. The molecule has 1 saturated heterocycles. The fraction of sp³-hybridized carbons (Fsp3) is 0.278. The SMILES string of the molecule is CCN1CCN2C(=O)c3ccccc3C12c1ccc(Cl)cc1. The third kappa shape index (κ3) is 1.58. The van der Waals surface area contributed by atoms with Gasteiger partial charge in [0.2, 0.25) is 0 Å². The van der Waals surface area contributed by atoms with Gasteiger partial charge in [-0.3, -0.25) is 9.69 Å². The Hall–Kier alpha value is -1.84. The van der Waals surface area contributed by atoms with Gasteiger partial charge in [0.15, 0.2) is 0 Å². The number of rotatable bonds is 2. The molecule has 0 saturated carbocycles. The highest BCUT2D eigenvalue weighted by Gasteiger charge is 2.57. The molecule has 0 aliphatic carbocycles. The van der Waals surface area contributed by atoms with E-state index in [2.05, 4.69) is 17.9 Å². The van der Waals surface area contributed by atoms with Gasteiger partial charge in [-0.1, -0.05) is 48.9 Å². The Morgan fingerprint density at radius 3 is 2.55 bits per heavy atom. The summed E-state index contributed by atoms with van der Waals surface area (Å²) in [5, 5.41) is 0.713.